The fraction of sp³-hybridized carbons (Fsp3) is 0.120. The minimum Gasteiger partial charge on any atom is -0.494 e. The lowest BCUT2D eigenvalue weighted by molar-refractivity contribution is 0.338. The van der Waals surface area contributed by atoms with E-state index in [1.165, 1.54) is 30.4 Å². The molecule has 0 atom stereocenters. The summed E-state index contributed by atoms with van der Waals surface area (Å²) in [4.78, 5) is 0. The van der Waals surface area contributed by atoms with Crippen molar-refractivity contribution in [3.05, 3.63) is 94.8 Å². The summed E-state index contributed by atoms with van der Waals surface area (Å²) in [7, 11) is 0. The van der Waals surface area contributed by atoms with E-state index in [2.05, 4.69) is 0 Å². The molecule has 148 valence electrons. The molecule has 0 aliphatic carbocycles. The average Bonchev–Trinajstić information content (AvgIpc) is 2.72. The van der Waals surface area contributed by atoms with Gasteiger partial charge >= 0.3 is 0 Å². The van der Waals surface area contributed by atoms with Gasteiger partial charge in [-0.3, -0.25) is 0 Å². The Balaban J connectivity index is 1.80. The second-order valence-electron chi connectivity index (χ2n) is 6.40. The van der Waals surface area contributed by atoms with Crippen LogP contribution in [0.5, 0.6) is 5.75 Å². The van der Waals surface area contributed by atoms with E-state index in [9.17, 15) is 13.2 Å². The fourth-order valence-corrected chi connectivity index (χ4v) is 2.96. The van der Waals surface area contributed by atoms with Crippen LogP contribution in [0.15, 0.2) is 60.7 Å². The zero-order valence-electron chi connectivity index (χ0n) is 16.3. The molecule has 1 nitrogen and oxygen atoms in total. The first-order valence-corrected chi connectivity index (χ1v) is 9.35. The molecule has 0 amide bonds. The zero-order chi connectivity index (χ0) is 20.8. The van der Waals surface area contributed by atoms with Crippen LogP contribution in [0.3, 0.4) is 0 Å². The highest BCUT2D eigenvalue weighted by Crippen LogP contribution is 2.27. The molecule has 3 aromatic carbocycles. The van der Waals surface area contributed by atoms with Crippen LogP contribution >= 0.6 is 0 Å². The molecule has 3 rings (SSSR count). The molecule has 0 aliphatic heterocycles. The van der Waals surface area contributed by atoms with E-state index in [-0.39, 0.29) is 16.9 Å². The van der Waals surface area contributed by atoms with Crippen molar-refractivity contribution >= 4 is 18.2 Å². The normalized spacial score (nSPS) is 11.5. The van der Waals surface area contributed by atoms with E-state index in [0.717, 1.165) is 11.1 Å². The van der Waals surface area contributed by atoms with Crippen LogP contribution in [-0.4, -0.2) is 6.61 Å². The highest BCUT2D eigenvalue weighted by molar-refractivity contribution is 5.73. The molecule has 0 radical (unpaired) electrons. The van der Waals surface area contributed by atoms with Crippen LogP contribution in [-0.2, 0) is 0 Å². The summed E-state index contributed by atoms with van der Waals surface area (Å²) in [5.74, 6) is -1.63. The maximum Gasteiger partial charge on any atom is 0.166 e. The molecule has 0 fully saturated rings. The molecule has 0 N–H and O–H groups in total. The molecule has 0 aromatic heterocycles. The Morgan fingerprint density at radius 3 is 2.03 bits per heavy atom. The fourth-order valence-electron chi connectivity index (χ4n) is 2.96. The topological polar surface area (TPSA) is 9.23 Å². The minimum absolute atomic E-state index is 0.164. The number of ether oxygens (including phenoxy) is 1. The van der Waals surface area contributed by atoms with E-state index in [0.29, 0.717) is 17.9 Å². The third-order valence-electron chi connectivity index (χ3n) is 4.42. The molecule has 0 bridgehead atoms. The van der Waals surface area contributed by atoms with E-state index < -0.39 is 11.6 Å². The first kappa shape index (κ1) is 20.5. The molecule has 0 aliphatic rings. The zero-order valence-corrected chi connectivity index (χ0v) is 16.3. The molecule has 0 saturated heterocycles. The van der Waals surface area contributed by atoms with Crippen LogP contribution in [0.25, 0.3) is 29.4 Å². The second kappa shape index (κ2) is 9.28. The van der Waals surface area contributed by atoms with Crippen molar-refractivity contribution in [3.8, 4) is 16.9 Å². The third kappa shape index (κ3) is 4.77. The van der Waals surface area contributed by atoms with Crippen molar-refractivity contribution in [1.29, 1.82) is 0 Å². The lowest BCUT2D eigenvalue weighted by Gasteiger charge is -2.07. The van der Waals surface area contributed by atoms with Gasteiger partial charge in [-0.25, -0.2) is 13.2 Å². The van der Waals surface area contributed by atoms with Crippen molar-refractivity contribution in [2.45, 2.75) is 13.8 Å². The molecule has 29 heavy (non-hydrogen) atoms. The van der Waals surface area contributed by atoms with Crippen LogP contribution in [0.2, 0.25) is 0 Å². The Morgan fingerprint density at radius 1 is 0.793 bits per heavy atom. The van der Waals surface area contributed by atoms with E-state index in [4.69, 9.17) is 4.74 Å². The monoisotopic (exact) mass is 394 g/mol. The van der Waals surface area contributed by atoms with Gasteiger partial charge in [0.05, 0.1) is 6.61 Å². The van der Waals surface area contributed by atoms with Crippen molar-refractivity contribution < 1.29 is 17.9 Å². The molecule has 0 saturated carbocycles. The van der Waals surface area contributed by atoms with E-state index in [1.54, 1.807) is 55.5 Å². The quantitative estimate of drug-likeness (QED) is 0.397. The number of halogens is 3. The first-order chi connectivity index (χ1) is 14.0. The SMILES string of the molecule is C/C=C/c1ccc(/C=C/c2ccc(-c3ccc(OCC)cc3F)cc2)c(F)c1F. The molecular weight excluding hydrogens is 373 g/mol. The highest BCUT2D eigenvalue weighted by Gasteiger charge is 2.10. The maximum absolute atomic E-state index is 14.3. The van der Waals surface area contributed by atoms with Crippen LogP contribution in [0.1, 0.15) is 30.5 Å². The highest BCUT2D eigenvalue weighted by atomic mass is 19.2. The van der Waals surface area contributed by atoms with Gasteiger partial charge in [0.1, 0.15) is 11.6 Å². The van der Waals surface area contributed by atoms with Gasteiger partial charge in [-0.1, -0.05) is 60.7 Å². The molecule has 0 heterocycles. The Hall–Kier alpha value is -3.27. The van der Waals surface area contributed by atoms with Gasteiger partial charge in [-0.05, 0) is 37.1 Å². The van der Waals surface area contributed by atoms with Gasteiger partial charge < -0.3 is 4.74 Å². The molecular formula is C25H21F3O. The second-order valence-corrected chi connectivity index (χ2v) is 6.40. The number of hydrogen-bond acceptors (Lipinski definition) is 1. The van der Waals surface area contributed by atoms with Gasteiger partial charge in [-0.2, -0.15) is 0 Å². The van der Waals surface area contributed by atoms with Crippen molar-refractivity contribution in [2.75, 3.05) is 6.61 Å². The molecule has 0 unspecified atom stereocenters. The van der Waals surface area contributed by atoms with Crippen LogP contribution < -0.4 is 4.74 Å². The molecule has 4 heteroatoms. The number of allylic oxidation sites excluding steroid dienone is 1. The standard InChI is InChI=1S/C25H21F3O/c1-3-5-19-12-13-20(25(28)24(19)27)11-8-17-6-9-18(10-7-17)22-15-14-21(29-4-2)16-23(22)26/h3,5-16H,4H2,1-2H3/b5-3+,11-8+. The van der Waals surface area contributed by atoms with Crippen molar-refractivity contribution in [3.63, 3.8) is 0 Å². The van der Waals surface area contributed by atoms with E-state index >= 15 is 0 Å². The summed E-state index contributed by atoms with van der Waals surface area (Å²) in [5.41, 5.74) is 2.35. The van der Waals surface area contributed by atoms with Gasteiger partial charge in [0.2, 0.25) is 0 Å². The molecule has 0 spiro atoms. The summed E-state index contributed by atoms with van der Waals surface area (Å²) in [5, 5.41) is 0. The number of benzene rings is 3. The van der Waals surface area contributed by atoms with Gasteiger partial charge in [0, 0.05) is 22.8 Å². The largest absolute Gasteiger partial charge is 0.494 e. The van der Waals surface area contributed by atoms with Gasteiger partial charge in [-0.15, -0.1) is 0 Å². The maximum atomic E-state index is 14.3. The van der Waals surface area contributed by atoms with Crippen molar-refractivity contribution in [2.24, 2.45) is 0 Å². The smallest absolute Gasteiger partial charge is 0.166 e. The summed E-state index contributed by atoms with van der Waals surface area (Å²) < 4.78 is 47.8. The summed E-state index contributed by atoms with van der Waals surface area (Å²) in [6, 6.07) is 15.0. The van der Waals surface area contributed by atoms with Gasteiger partial charge in [0.25, 0.3) is 0 Å². The van der Waals surface area contributed by atoms with Crippen LogP contribution in [0, 0.1) is 17.5 Å². The lowest BCUT2D eigenvalue weighted by Crippen LogP contribution is -1.93. The Labute approximate surface area is 168 Å². The average molecular weight is 394 g/mol. The number of rotatable bonds is 6. The first-order valence-electron chi connectivity index (χ1n) is 9.35. The minimum atomic E-state index is -0.884. The van der Waals surface area contributed by atoms with Crippen LogP contribution in [0.4, 0.5) is 13.2 Å². The predicted molar refractivity (Wildman–Crippen MR) is 113 cm³/mol. The summed E-state index contributed by atoms with van der Waals surface area (Å²) in [6.45, 7) is 4.06. The van der Waals surface area contributed by atoms with Crippen molar-refractivity contribution in [1.82, 2.24) is 0 Å². The Kier molecular flexibility index (Phi) is 6.55. The summed E-state index contributed by atoms with van der Waals surface area (Å²) in [6.07, 6.45) is 6.38. The third-order valence-corrected chi connectivity index (χ3v) is 4.42. The summed E-state index contributed by atoms with van der Waals surface area (Å²) >= 11 is 0. The van der Waals surface area contributed by atoms with Gasteiger partial charge in [0.15, 0.2) is 11.6 Å². The lowest BCUT2D eigenvalue weighted by atomic mass is 10.0. The number of hydrogen-bond donors (Lipinski definition) is 0. The Morgan fingerprint density at radius 2 is 1.45 bits per heavy atom. The predicted octanol–water partition coefficient (Wildman–Crippen LogP) is 7.37. The Bertz CT molecular complexity index is 1050. The van der Waals surface area contributed by atoms with E-state index in [1.807, 2.05) is 6.92 Å². The molecule has 3 aromatic rings.